The third-order valence-corrected chi connectivity index (χ3v) is 6.50. The second-order valence-corrected chi connectivity index (χ2v) is 8.58. The molecule has 1 aromatic heterocycles. The lowest BCUT2D eigenvalue weighted by molar-refractivity contribution is -0.118. The summed E-state index contributed by atoms with van der Waals surface area (Å²) in [6.07, 6.45) is 4.07. The number of morpholine rings is 1. The van der Waals surface area contributed by atoms with Crippen LogP contribution in [0.1, 0.15) is 39.2 Å². The lowest BCUT2D eigenvalue weighted by Crippen LogP contribution is -2.41. The molecule has 0 unspecified atom stereocenters. The van der Waals surface area contributed by atoms with Gasteiger partial charge in [-0.2, -0.15) is 0 Å². The van der Waals surface area contributed by atoms with Gasteiger partial charge in [-0.1, -0.05) is 12.1 Å². The van der Waals surface area contributed by atoms with Gasteiger partial charge in [-0.05, 0) is 55.9 Å². The van der Waals surface area contributed by atoms with Crippen LogP contribution in [0.15, 0.2) is 24.3 Å². The number of fused-ring (bicyclic) bond motifs is 1. The normalized spacial score (nSPS) is 16.2. The Balaban J connectivity index is 1.50. The standard InChI is InChI=1S/C22H26N2O4S/c1-15-5-4-6-16(13-15)28-14-19(25)23-21-20(17-7-2-3-8-18(17)29-21)22(26)24-9-11-27-12-10-24/h4-6,13H,2-3,7-12,14H2,1H3,(H,23,25). The third kappa shape index (κ3) is 4.62. The number of rotatable bonds is 5. The number of nitrogens with zero attached hydrogens (tertiary/aromatic N) is 1. The number of hydrogen-bond acceptors (Lipinski definition) is 5. The van der Waals surface area contributed by atoms with Gasteiger partial charge in [0, 0.05) is 18.0 Å². The number of hydrogen-bond donors (Lipinski definition) is 1. The number of thiophene rings is 1. The van der Waals surface area contributed by atoms with Crippen molar-refractivity contribution in [1.82, 2.24) is 4.90 Å². The average Bonchev–Trinajstić information content (AvgIpc) is 3.10. The van der Waals surface area contributed by atoms with E-state index in [1.807, 2.05) is 36.1 Å². The van der Waals surface area contributed by atoms with Gasteiger partial charge in [-0.25, -0.2) is 0 Å². The first-order valence-corrected chi connectivity index (χ1v) is 10.9. The molecule has 4 rings (SSSR count). The van der Waals surface area contributed by atoms with Crippen molar-refractivity contribution in [2.75, 3.05) is 38.2 Å². The highest BCUT2D eigenvalue weighted by molar-refractivity contribution is 7.17. The average molecular weight is 415 g/mol. The summed E-state index contributed by atoms with van der Waals surface area (Å²) in [5.74, 6) is 0.416. The molecule has 0 atom stereocenters. The highest BCUT2D eigenvalue weighted by Crippen LogP contribution is 2.39. The van der Waals surface area contributed by atoms with Crippen LogP contribution in [0.5, 0.6) is 5.75 Å². The molecule has 1 aliphatic heterocycles. The molecule has 1 fully saturated rings. The highest BCUT2D eigenvalue weighted by Gasteiger charge is 2.30. The van der Waals surface area contributed by atoms with Crippen LogP contribution in [0, 0.1) is 6.92 Å². The van der Waals surface area contributed by atoms with E-state index in [2.05, 4.69) is 5.32 Å². The minimum atomic E-state index is -0.249. The molecule has 1 saturated heterocycles. The Labute approximate surface area is 174 Å². The van der Waals surface area contributed by atoms with Gasteiger partial charge < -0.3 is 19.7 Å². The van der Waals surface area contributed by atoms with Crippen LogP contribution < -0.4 is 10.1 Å². The number of carbonyl (C=O) groups excluding carboxylic acids is 2. The highest BCUT2D eigenvalue weighted by atomic mass is 32.1. The van der Waals surface area contributed by atoms with Gasteiger partial charge in [0.25, 0.3) is 11.8 Å². The zero-order valence-corrected chi connectivity index (χ0v) is 17.5. The zero-order valence-electron chi connectivity index (χ0n) is 16.7. The Morgan fingerprint density at radius 3 is 2.79 bits per heavy atom. The first kappa shape index (κ1) is 19.9. The smallest absolute Gasteiger partial charge is 0.262 e. The Morgan fingerprint density at radius 2 is 2.00 bits per heavy atom. The van der Waals surface area contributed by atoms with Crippen LogP contribution in [0.3, 0.4) is 0 Å². The summed E-state index contributed by atoms with van der Waals surface area (Å²) >= 11 is 1.54. The van der Waals surface area contributed by atoms with Gasteiger partial charge in [0.1, 0.15) is 10.8 Å². The van der Waals surface area contributed by atoms with Gasteiger partial charge in [-0.15, -0.1) is 11.3 Å². The summed E-state index contributed by atoms with van der Waals surface area (Å²) in [6.45, 7) is 4.19. The molecule has 2 amide bonds. The molecule has 1 aliphatic carbocycles. The topological polar surface area (TPSA) is 67.9 Å². The van der Waals surface area contributed by atoms with Gasteiger partial charge in [0.2, 0.25) is 0 Å². The van der Waals surface area contributed by atoms with Crippen molar-refractivity contribution < 1.29 is 19.1 Å². The molecular formula is C22H26N2O4S. The Morgan fingerprint density at radius 1 is 1.21 bits per heavy atom. The number of carbonyl (C=O) groups is 2. The number of benzene rings is 1. The molecule has 0 bridgehead atoms. The van der Waals surface area contributed by atoms with Crippen molar-refractivity contribution in [3.05, 3.63) is 45.8 Å². The minimum Gasteiger partial charge on any atom is -0.484 e. The summed E-state index contributed by atoms with van der Waals surface area (Å²) in [4.78, 5) is 28.9. The van der Waals surface area contributed by atoms with Gasteiger partial charge in [-0.3, -0.25) is 9.59 Å². The molecule has 1 N–H and O–H groups in total. The maximum absolute atomic E-state index is 13.2. The Kier molecular flexibility index (Phi) is 6.16. The van der Waals surface area contributed by atoms with Gasteiger partial charge >= 0.3 is 0 Å². The maximum Gasteiger partial charge on any atom is 0.262 e. The molecule has 2 heterocycles. The van der Waals surface area contributed by atoms with Crippen molar-refractivity contribution in [3.63, 3.8) is 0 Å². The number of ether oxygens (including phenoxy) is 2. The van der Waals surface area contributed by atoms with Crippen LogP contribution in [-0.4, -0.2) is 49.6 Å². The summed E-state index contributed by atoms with van der Waals surface area (Å²) in [6, 6.07) is 7.60. The SMILES string of the molecule is Cc1cccc(OCC(=O)Nc2sc3c(c2C(=O)N2CCOCC2)CCCC3)c1. The van der Waals surface area contributed by atoms with Crippen molar-refractivity contribution in [1.29, 1.82) is 0 Å². The number of nitrogens with one attached hydrogen (secondary N) is 1. The second kappa shape index (κ2) is 8.97. The van der Waals surface area contributed by atoms with Crippen LogP contribution in [-0.2, 0) is 22.4 Å². The predicted octanol–water partition coefficient (Wildman–Crippen LogP) is 3.43. The fourth-order valence-electron chi connectivity index (χ4n) is 3.82. The summed E-state index contributed by atoms with van der Waals surface area (Å²) in [5, 5.41) is 3.61. The fourth-order valence-corrected chi connectivity index (χ4v) is 5.12. The largest absolute Gasteiger partial charge is 0.484 e. The zero-order chi connectivity index (χ0) is 20.2. The lowest BCUT2D eigenvalue weighted by atomic mass is 9.95. The van der Waals surface area contributed by atoms with E-state index < -0.39 is 0 Å². The molecule has 0 radical (unpaired) electrons. The maximum atomic E-state index is 13.2. The van der Waals surface area contributed by atoms with Crippen molar-refractivity contribution in [2.45, 2.75) is 32.6 Å². The van der Waals surface area contributed by atoms with E-state index in [1.54, 1.807) is 11.3 Å². The molecule has 29 heavy (non-hydrogen) atoms. The summed E-state index contributed by atoms with van der Waals surface area (Å²) < 4.78 is 11.0. The molecule has 2 aromatic rings. The van der Waals surface area contributed by atoms with E-state index in [0.29, 0.717) is 42.6 Å². The Hall–Kier alpha value is -2.38. The van der Waals surface area contributed by atoms with Gasteiger partial charge in [0.05, 0.1) is 18.8 Å². The quantitative estimate of drug-likeness (QED) is 0.814. The molecule has 0 saturated carbocycles. The van der Waals surface area contributed by atoms with E-state index >= 15 is 0 Å². The molecule has 7 heteroatoms. The molecule has 0 spiro atoms. The monoisotopic (exact) mass is 414 g/mol. The number of amides is 2. The molecule has 2 aliphatic rings. The third-order valence-electron chi connectivity index (χ3n) is 5.30. The van der Waals surface area contributed by atoms with Crippen molar-refractivity contribution in [3.8, 4) is 5.75 Å². The van der Waals surface area contributed by atoms with E-state index in [9.17, 15) is 9.59 Å². The molecule has 154 valence electrons. The van der Waals surface area contributed by atoms with Crippen LogP contribution in [0.4, 0.5) is 5.00 Å². The van der Waals surface area contributed by atoms with Crippen LogP contribution in [0.2, 0.25) is 0 Å². The first-order valence-electron chi connectivity index (χ1n) is 10.1. The molecular weight excluding hydrogens is 388 g/mol. The molecule has 1 aromatic carbocycles. The summed E-state index contributed by atoms with van der Waals surface area (Å²) in [5.41, 5.74) is 2.87. The van der Waals surface area contributed by atoms with Crippen LogP contribution >= 0.6 is 11.3 Å². The van der Waals surface area contributed by atoms with Crippen molar-refractivity contribution in [2.24, 2.45) is 0 Å². The van der Waals surface area contributed by atoms with Crippen molar-refractivity contribution >= 4 is 28.2 Å². The van der Waals surface area contributed by atoms with E-state index in [1.165, 1.54) is 4.88 Å². The molecule has 6 nitrogen and oxygen atoms in total. The van der Waals surface area contributed by atoms with E-state index in [0.717, 1.165) is 36.8 Å². The second-order valence-electron chi connectivity index (χ2n) is 7.47. The fraction of sp³-hybridized carbons (Fsp3) is 0.455. The summed E-state index contributed by atoms with van der Waals surface area (Å²) in [7, 11) is 0. The predicted molar refractivity (Wildman–Crippen MR) is 113 cm³/mol. The lowest BCUT2D eigenvalue weighted by Gasteiger charge is -2.27. The first-order chi connectivity index (χ1) is 14.1. The van der Waals surface area contributed by atoms with E-state index in [-0.39, 0.29) is 18.4 Å². The van der Waals surface area contributed by atoms with Crippen LogP contribution in [0.25, 0.3) is 0 Å². The Bertz CT molecular complexity index is 902. The van der Waals surface area contributed by atoms with Gasteiger partial charge in [0.15, 0.2) is 6.61 Å². The number of anilines is 1. The van der Waals surface area contributed by atoms with E-state index in [4.69, 9.17) is 9.47 Å². The minimum absolute atomic E-state index is 0.00241. The number of aryl methyl sites for hydroxylation is 2.